The average molecular weight is 156 g/mol. The van der Waals surface area contributed by atoms with E-state index in [4.69, 9.17) is 5.26 Å². The van der Waals surface area contributed by atoms with Crippen LogP contribution in [-0.2, 0) is 0 Å². The van der Waals surface area contributed by atoms with E-state index in [0.717, 1.165) is 13.1 Å². The molecule has 0 saturated carbocycles. The first-order chi connectivity index (χ1) is 5.24. The molecule has 1 rings (SSSR count). The van der Waals surface area contributed by atoms with E-state index in [-0.39, 0.29) is 5.92 Å². The van der Waals surface area contributed by atoms with E-state index >= 15 is 0 Å². The molecule has 1 aliphatic heterocycles. The molecule has 1 aliphatic rings. The highest BCUT2D eigenvalue weighted by molar-refractivity contribution is 4.90. The minimum atomic E-state index is -0.912. The fraction of sp³-hybridized carbons (Fsp3) is 0.875. The van der Waals surface area contributed by atoms with Gasteiger partial charge in [0.1, 0.15) is 6.17 Å². The molecule has 11 heavy (non-hydrogen) atoms. The highest BCUT2D eigenvalue weighted by Crippen LogP contribution is 2.19. The molecule has 2 nitrogen and oxygen atoms in total. The van der Waals surface area contributed by atoms with Crippen molar-refractivity contribution in [3.05, 3.63) is 0 Å². The average Bonchev–Trinajstić information content (AvgIpc) is 2.15. The number of hydrogen-bond acceptors (Lipinski definition) is 2. The normalized spacial score (nSPS) is 34.3. The molecule has 0 aromatic carbocycles. The number of halogens is 1. The van der Waals surface area contributed by atoms with Gasteiger partial charge in [-0.25, -0.2) is 4.39 Å². The van der Waals surface area contributed by atoms with Crippen LogP contribution in [0, 0.1) is 17.2 Å². The van der Waals surface area contributed by atoms with E-state index in [0.29, 0.717) is 12.8 Å². The third-order valence-corrected chi connectivity index (χ3v) is 2.21. The summed E-state index contributed by atoms with van der Waals surface area (Å²) in [5, 5.41) is 8.56. The molecule has 0 aliphatic carbocycles. The Morgan fingerprint density at radius 2 is 2.09 bits per heavy atom. The molecule has 3 heteroatoms. The van der Waals surface area contributed by atoms with E-state index in [9.17, 15) is 4.39 Å². The molecule has 0 aromatic rings. The lowest BCUT2D eigenvalue weighted by Gasteiger charge is -2.10. The molecular weight excluding hydrogens is 143 g/mol. The highest BCUT2D eigenvalue weighted by Gasteiger charge is 2.24. The molecule has 2 atom stereocenters. The van der Waals surface area contributed by atoms with Gasteiger partial charge in [-0.05, 0) is 26.4 Å². The van der Waals surface area contributed by atoms with Gasteiger partial charge in [0.2, 0.25) is 0 Å². The van der Waals surface area contributed by atoms with Crippen molar-refractivity contribution in [3.63, 3.8) is 0 Å². The van der Waals surface area contributed by atoms with Gasteiger partial charge in [-0.15, -0.1) is 0 Å². The summed E-state index contributed by atoms with van der Waals surface area (Å²) in [6.07, 6.45) is 0.271. The lowest BCUT2D eigenvalue weighted by Crippen LogP contribution is -2.18. The van der Waals surface area contributed by atoms with E-state index < -0.39 is 6.17 Å². The summed E-state index contributed by atoms with van der Waals surface area (Å²) in [6, 6.07) is 2.01. The van der Waals surface area contributed by atoms with Gasteiger partial charge in [0.15, 0.2) is 0 Å². The standard InChI is InChI=1S/C8H13FN2/c1-11-4-2-7(6-10)8(9)3-5-11/h7-8H,2-5H2,1H3. The van der Waals surface area contributed by atoms with Crippen molar-refractivity contribution in [2.24, 2.45) is 5.92 Å². The van der Waals surface area contributed by atoms with Crippen LogP contribution in [0.1, 0.15) is 12.8 Å². The number of nitrogens with zero attached hydrogens (tertiary/aromatic N) is 2. The topological polar surface area (TPSA) is 27.0 Å². The fourth-order valence-electron chi connectivity index (χ4n) is 1.34. The Hall–Kier alpha value is -0.620. The third kappa shape index (κ3) is 2.16. The summed E-state index contributed by atoms with van der Waals surface area (Å²) in [4.78, 5) is 2.07. The lowest BCUT2D eigenvalue weighted by atomic mass is 10.0. The molecule has 0 amide bonds. The highest BCUT2D eigenvalue weighted by atomic mass is 19.1. The van der Waals surface area contributed by atoms with Crippen molar-refractivity contribution in [2.45, 2.75) is 19.0 Å². The quantitative estimate of drug-likeness (QED) is 0.526. The first-order valence-corrected chi connectivity index (χ1v) is 3.96. The molecule has 1 fully saturated rings. The van der Waals surface area contributed by atoms with E-state index in [2.05, 4.69) is 4.90 Å². The predicted octanol–water partition coefficient (Wildman–Crippen LogP) is 1.19. The largest absolute Gasteiger partial charge is 0.306 e. The first-order valence-electron chi connectivity index (χ1n) is 3.96. The van der Waals surface area contributed by atoms with Crippen LogP contribution in [0.2, 0.25) is 0 Å². The van der Waals surface area contributed by atoms with Gasteiger partial charge in [-0.3, -0.25) is 0 Å². The van der Waals surface area contributed by atoms with Crippen molar-refractivity contribution in [1.82, 2.24) is 4.90 Å². The van der Waals surface area contributed by atoms with Crippen LogP contribution in [0.25, 0.3) is 0 Å². The zero-order chi connectivity index (χ0) is 8.27. The minimum Gasteiger partial charge on any atom is -0.306 e. The number of likely N-dealkylation sites (tertiary alicyclic amines) is 1. The van der Waals surface area contributed by atoms with Crippen molar-refractivity contribution in [3.8, 4) is 6.07 Å². The Labute approximate surface area is 66.6 Å². The van der Waals surface area contributed by atoms with Gasteiger partial charge in [-0.2, -0.15) is 5.26 Å². The molecule has 2 unspecified atom stereocenters. The zero-order valence-electron chi connectivity index (χ0n) is 6.76. The second-order valence-corrected chi connectivity index (χ2v) is 3.13. The molecule has 0 N–H and O–H groups in total. The molecule has 0 radical (unpaired) electrons. The van der Waals surface area contributed by atoms with Gasteiger partial charge in [0.25, 0.3) is 0 Å². The summed E-state index contributed by atoms with van der Waals surface area (Å²) in [5.74, 6) is -0.375. The number of hydrogen-bond donors (Lipinski definition) is 0. The molecule has 62 valence electrons. The molecular formula is C8H13FN2. The Morgan fingerprint density at radius 3 is 2.73 bits per heavy atom. The molecule has 0 spiro atoms. The second kappa shape index (κ2) is 3.68. The van der Waals surface area contributed by atoms with Gasteiger partial charge in [0, 0.05) is 6.54 Å². The second-order valence-electron chi connectivity index (χ2n) is 3.13. The monoisotopic (exact) mass is 156 g/mol. The van der Waals surface area contributed by atoms with Crippen LogP contribution < -0.4 is 0 Å². The molecule has 1 saturated heterocycles. The van der Waals surface area contributed by atoms with E-state index in [1.54, 1.807) is 0 Å². The summed E-state index contributed by atoms with van der Waals surface area (Å²) < 4.78 is 13.0. The van der Waals surface area contributed by atoms with Crippen LogP contribution in [0.3, 0.4) is 0 Å². The molecule has 0 bridgehead atoms. The van der Waals surface area contributed by atoms with E-state index in [1.165, 1.54) is 0 Å². The smallest absolute Gasteiger partial charge is 0.117 e. The van der Waals surface area contributed by atoms with Crippen molar-refractivity contribution in [2.75, 3.05) is 20.1 Å². The minimum absolute atomic E-state index is 0.375. The summed E-state index contributed by atoms with van der Waals surface area (Å²) in [5.41, 5.74) is 0. The van der Waals surface area contributed by atoms with Gasteiger partial charge < -0.3 is 4.90 Å². The van der Waals surface area contributed by atoms with Crippen LogP contribution in [0.5, 0.6) is 0 Å². The van der Waals surface area contributed by atoms with Crippen LogP contribution >= 0.6 is 0 Å². The van der Waals surface area contributed by atoms with Crippen molar-refractivity contribution in [1.29, 1.82) is 5.26 Å². The van der Waals surface area contributed by atoms with Crippen LogP contribution in [0.15, 0.2) is 0 Å². The van der Waals surface area contributed by atoms with Crippen LogP contribution in [0.4, 0.5) is 4.39 Å². The molecule has 1 heterocycles. The maximum Gasteiger partial charge on any atom is 0.117 e. The Morgan fingerprint density at radius 1 is 1.45 bits per heavy atom. The Bertz CT molecular complexity index is 164. The number of nitriles is 1. The summed E-state index contributed by atoms with van der Waals surface area (Å²) >= 11 is 0. The van der Waals surface area contributed by atoms with Gasteiger partial charge >= 0.3 is 0 Å². The third-order valence-electron chi connectivity index (χ3n) is 2.21. The lowest BCUT2D eigenvalue weighted by molar-refractivity contribution is 0.256. The maximum absolute atomic E-state index is 13.0. The Balaban J connectivity index is 2.50. The molecule has 0 aromatic heterocycles. The van der Waals surface area contributed by atoms with Crippen LogP contribution in [-0.4, -0.2) is 31.2 Å². The first kappa shape index (κ1) is 8.48. The van der Waals surface area contributed by atoms with Gasteiger partial charge in [-0.1, -0.05) is 0 Å². The maximum atomic E-state index is 13.0. The SMILES string of the molecule is CN1CCC(F)C(C#N)CC1. The zero-order valence-corrected chi connectivity index (χ0v) is 6.76. The van der Waals surface area contributed by atoms with Gasteiger partial charge in [0.05, 0.1) is 12.0 Å². The fourth-order valence-corrected chi connectivity index (χ4v) is 1.34. The Kier molecular flexibility index (Phi) is 2.84. The number of rotatable bonds is 0. The van der Waals surface area contributed by atoms with Crippen molar-refractivity contribution < 1.29 is 4.39 Å². The number of alkyl halides is 1. The summed E-state index contributed by atoms with van der Waals surface area (Å²) in [6.45, 7) is 1.62. The van der Waals surface area contributed by atoms with E-state index in [1.807, 2.05) is 13.1 Å². The summed E-state index contributed by atoms with van der Waals surface area (Å²) in [7, 11) is 1.96. The van der Waals surface area contributed by atoms with Crippen molar-refractivity contribution >= 4 is 0 Å². The predicted molar refractivity (Wildman–Crippen MR) is 40.7 cm³/mol.